The summed E-state index contributed by atoms with van der Waals surface area (Å²) in [5.74, 6) is 1.89. The summed E-state index contributed by atoms with van der Waals surface area (Å²) in [6, 6.07) is 0. The minimum absolute atomic E-state index is 0.204. The number of ether oxygens (including phenoxy) is 2. The third-order valence-electron chi connectivity index (χ3n) is 4.23. The molecule has 3 fully saturated rings. The molecule has 0 bridgehead atoms. The minimum Gasteiger partial charge on any atom is -0.375 e. The normalized spacial score (nSPS) is 32.7. The quantitative estimate of drug-likeness (QED) is 0.608. The van der Waals surface area contributed by atoms with E-state index in [1.54, 1.807) is 0 Å². The number of hydrogen-bond acceptors (Lipinski definition) is 3. The van der Waals surface area contributed by atoms with Crippen molar-refractivity contribution in [3.05, 3.63) is 0 Å². The van der Waals surface area contributed by atoms with Crippen LogP contribution in [0.2, 0.25) is 0 Å². The maximum absolute atomic E-state index is 5.88. The van der Waals surface area contributed by atoms with Crippen LogP contribution in [0.5, 0.6) is 0 Å². The smallest absolute Gasteiger partial charge is 0.193 e. The lowest BCUT2D eigenvalue weighted by Gasteiger charge is -2.37. The van der Waals surface area contributed by atoms with Gasteiger partial charge in [-0.25, -0.2) is 0 Å². The van der Waals surface area contributed by atoms with Gasteiger partial charge in [-0.2, -0.15) is 0 Å². The number of aliphatic imine (C=N–C) groups is 1. The third-order valence-corrected chi connectivity index (χ3v) is 4.23. The first kappa shape index (κ1) is 13.2. The standard InChI is InChI=1S/C14H25N3O2/c1-15-14(16-9-11-4-5-11)17-6-8-19-13(10-17)12-3-2-7-18-12/h11-13H,2-10H2,1H3,(H,15,16). The van der Waals surface area contributed by atoms with E-state index >= 15 is 0 Å². The van der Waals surface area contributed by atoms with Crippen molar-refractivity contribution in [2.24, 2.45) is 10.9 Å². The predicted molar refractivity (Wildman–Crippen MR) is 74.4 cm³/mol. The number of hydrogen-bond donors (Lipinski definition) is 1. The van der Waals surface area contributed by atoms with Crippen molar-refractivity contribution < 1.29 is 9.47 Å². The summed E-state index contributed by atoms with van der Waals surface area (Å²) >= 11 is 0. The molecule has 1 saturated carbocycles. The largest absolute Gasteiger partial charge is 0.375 e. The molecule has 2 saturated heterocycles. The van der Waals surface area contributed by atoms with Gasteiger partial charge in [-0.05, 0) is 31.6 Å². The van der Waals surface area contributed by atoms with Gasteiger partial charge in [-0.15, -0.1) is 0 Å². The summed E-state index contributed by atoms with van der Waals surface area (Å²) in [6.45, 7) is 4.55. The van der Waals surface area contributed by atoms with Crippen LogP contribution < -0.4 is 5.32 Å². The first-order valence-corrected chi connectivity index (χ1v) is 7.55. The van der Waals surface area contributed by atoms with Gasteiger partial charge in [0.05, 0.1) is 12.7 Å². The molecule has 0 aromatic carbocycles. The van der Waals surface area contributed by atoms with Crippen LogP contribution in [-0.4, -0.2) is 63.0 Å². The van der Waals surface area contributed by atoms with Crippen LogP contribution in [0.25, 0.3) is 0 Å². The van der Waals surface area contributed by atoms with E-state index in [1.807, 2.05) is 7.05 Å². The summed E-state index contributed by atoms with van der Waals surface area (Å²) in [5.41, 5.74) is 0. The number of morpholine rings is 1. The van der Waals surface area contributed by atoms with Gasteiger partial charge >= 0.3 is 0 Å². The van der Waals surface area contributed by atoms with E-state index in [-0.39, 0.29) is 12.2 Å². The lowest BCUT2D eigenvalue weighted by Crippen LogP contribution is -2.53. The van der Waals surface area contributed by atoms with Crippen LogP contribution in [0.4, 0.5) is 0 Å². The Morgan fingerprint density at radius 1 is 1.21 bits per heavy atom. The van der Waals surface area contributed by atoms with Gasteiger partial charge in [-0.1, -0.05) is 0 Å². The highest BCUT2D eigenvalue weighted by Gasteiger charge is 2.32. The Morgan fingerprint density at radius 3 is 2.74 bits per heavy atom. The fourth-order valence-corrected chi connectivity index (χ4v) is 2.88. The molecular formula is C14H25N3O2. The van der Waals surface area contributed by atoms with E-state index in [4.69, 9.17) is 9.47 Å². The van der Waals surface area contributed by atoms with Gasteiger partial charge in [0.15, 0.2) is 5.96 Å². The monoisotopic (exact) mass is 267 g/mol. The van der Waals surface area contributed by atoms with Gasteiger partial charge in [-0.3, -0.25) is 4.99 Å². The summed E-state index contributed by atoms with van der Waals surface area (Å²) in [7, 11) is 1.87. The molecule has 0 spiro atoms. The first-order valence-electron chi connectivity index (χ1n) is 7.55. The molecule has 1 N–H and O–H groups in total. The van der Waals surface area contributed by atoms with Gasteiger partial charge in [0.1, 0.15) is 6.10 Å². The fraction of sp³-hybridized carbons (Fsp3) is 0.929. The molecule has 2 aliphatic heterocycles. The summed E-state index contributed by atoms with van der Waals surface area (Å²) in [6.07, 6.45) is 5.52. The van der Waals surface area contributed by atoms with Crippen molar-refractivity contribution in [2.75, 3.05) is 39.9 Å². The van der Waals surface area contributed by atoms with E-state index in [2.05, 4.69) is 15.2 Å². The van der Waals surface area contributed by atoms with Crippen molar-refractivity contribution in [3.8, 4) is 0 Å². The Hall–Kier alpha value is -0.810. The highest BCUT2D eigenvalue weighted by Crippen LogP contribution is 2.27. The molecule has 3 rings (SSSR count). The molecule has 0 amide bonds. The van der Waals surface area contributed by atoms with Gasteiger partial charge in [0, 0.05) is 33.3 Å². The van der Waals surface area contributed by atoms with Gasteiger partial charge < -0.3 is 19.7 Å². The van der Waals surface area contributed by atoms with E-state index in [9.17, 15) is 0 Å². The summed E-state index contributed by atoms with van der Waals surface area (Å²) < 4.78 is 11.6. The van der Waals surface area contributed by atoms with Crippen molar-refractivity contribution in [2.45, 2.75) is 37.9 Å². The second-order valence-corrected chi connectivity index (χ2v) is 5.78. The first-order chi connectivity index (χ1) is 9.36. The zero-order chi connectivity index (χ0) is 13.1. The summed E-state index contributed by atoms with van der Waals surface area (Å²) in [4.78, 5) is 6.73. The molecule has 3 aliphatic rings. The highest BCUT2D eigenvalue weighted by molar-refractivity contribution is 5.80. The molecule has 0 aromatic rings. The van der Waals surface area contributed by atoms with Gasteiger partial charge in [0.2, 0.25) is 0 Å². The lowest BCUT2D eigenvalue weighted by atomic mass is 10.1. The average molecular weight is 267 g/mol. The van der Waals surface area contributed by atoms with E-state index in [0.29, 0.717) is 0 Å². The highest BCUT2D eigenvalue weighted by atomic mass is 16.5. The van der Waals surface area contributed by atoms with Crippen molar-refractivity contribution in [3.63, 3.8) is 0 Å². The Morgan fingerprint density at radius 2 is 2.05 bits per heavy atom. The Bertz CT molecular complexity index is 325. The zero-order valence-corrected chi connectivity index (χ0v) is 11.8. The van der Waals surface area contributed by atoms with Crippen LogP contribution in [0.15, 0.2) is 4.99 Å². The van der Waals surface area contributed by atoms with Crippen LogP contribution >= 0.6 is 0 Å². The van der Waals surface area contributed by atoms with Gasteiger partial charge in [0.25, 0.3) is 0 Å². The SMILES string of the molecule is CN=C(NCC1CC1)N1CCOC(C2CCCO2)C1. The number of nitrogens with zero attached hydrogens (tertiary/aromatic N) is 2. The molecule has 19 heavy (non-hydrogen) atoms. The second-order valence-electron chi connectivity index (χ2n) is 5.78. The Balaban J connectivity index is 1.53. The molecule has 2 unspecified atom stereocenters. The molecular weight excluding hydrogens is 242 g/mol. The Kier molecular flexibility index (Phi) is 4.23. The second kappa shape index (κ2) is 6.09. The van der Waals surface area contributed by atoms with E-state index in [1.165, 1.54) is 19.3 Å². The minimum atomic E-state index is 0.204. The molecule has 0 aromatic heterocycles. The van der Waals surface area contributed by atoms with E-state index in [0.717, 1.165) is 51.1 Å². The number of rotatable bonds is 3. The van der Waals surface area contributed by atoms with Crippen LogP contribution in [0.3, 0.4) is 0 Å². The molecule has 108 valence electrons. The number of guanidine groups is 1. The number of nitrogens with one attached hydrogen (secondary N) is 1. The van der Waals surface area contributed by atoms with Crippen molar-refractivity contribution >= 4 is 5.96 Å². The van der Waals surface area contributed by atoms with Crippen molar-refractivity contribution in [1.29, 1.82) is 0 Å². The lowest BCUT2D eigenvalue weighted by molar-refractivity contribution is -0.0817. The summed E-state index contributed by atoms with van der Waals surface area (Å²) in [5, 5.41) is 3.49. The molecule has 5 nitrogen and oxygen atoms in total. The molecule has 1 aliphatic carbocycles. The van der Waals surface area contributed by atoms with Crippen LogP contribution in [0.1, 0.15) is 25.7 Å². The molecule has 2 heterocycles. The third kappa shape index (κ3) is 3.39. The molecule has 5 heteroatoms. The van der Waals surface area contributed by atoms with Crippen molar-refractivity contribution in [1.82, 2.24) is 10.2 Å². The Labute approximate surface area is 115 Å². The topological polar surface area (TPSA) is 46.1 Å². The van der Waals surface area contributed by atoms with Crippen LogP contribution in [0, 0.1) is 5.92 Å². The predicted octanol–water partition coefficient (Wildman–Crippen LogP) is 0.852. The maximum Gasteiger partial charge on any atom is 0.193 e. The zero-order valence-electron chi connectivity index (χ0n) is 11.8. The average Bonchev–Trinajstić information content (AvgIpc) is 3.11. The molecule has 0 radical (unpaired) electrons. The van der Waals surface area contributed by atoms with Crippen LogP contribution in [-0.2, 0) is 9.47 Å². The maximum atomic E-state index is 5.88. The van der Waals surface area contributed by atoms with E-state index < -0.39 is 0 Å². The fourth-order valence-electron chi connectivity index (χ4n) is 2.88. The molecule has 2 atom stereocenters.